The first-order valence-corrected chi connectivity index (χ1v) is 9.79. The van der Waals surface area contributed by atoms with E-state index < -0.39 is 0 Å². The van der Waals surface area contributed by atoms with Crippen LogP contribution in [0.4, 0.5) is 0 Å². The Bertz CT molecular complexity index is 755. The van der Waals surface area contributed by atoms with Crippen LogP contribution in [0, 0.1) is 0 Å². The summed E-state index contributed by atoms with van der Waals surface area (Å²) in [4.78, 5) is 14.9. The summed E-state index contributed by atoms with van der Waals surface area (Å²) >= 11 is 3.44. The van der Waals surface area contributed by atoms with Gasteiger partial charge in [-0.05, 0) is 53.0 Å². The second kappa shape index (κ2) is 8.80. The molecule has 1 N–H and O–H groups in total. The molecule has 1 aliphatic heterocycles. The van der Waals surface area contributed by atoms with E-state index in [0.717, 1.165) is 29.7 Å². The van der Waals surface area contributed by atoms with E-state index in [1.54, 1.807) is 0 Å². The van der Waals surface area contributed by atoms with E-state index in [0.29, 0.717) is 12.1 Å². The molecule has 26 heavy (non-hydrogen) atoms. The molecule has 2 aromatic carbocycles. The fourth-order valence-corrected chi connectivity index (χ4v) is 3.92. The lowest BCUT2D eigenvalue weighted by Crippen LogP contribution is -2.45. The van der Waals surface area contributed by atoms with Crippen molar-refractivity contribution in [2.24, 2.45) is 0 Å². The number of carbonyl (C=O) groups excluding carboxylic acids is 1. The number of nitrogens with zero attached hydrogens (tertiary/aromatic N) is 1. The first-order chi connectivity index (χ1) is 12.5. The van der Waals surface area contributed by atoms with E-state index >= 15 is 0 Å². The van der Waals surface area contributed by atoms with Crippen LogP contribution in [-0.4, -0.2) is 36.1 Å². The molecular weight excluding hydrogens is 392 g/mol. The van der Waals surface area contributed by atoms with Gasteiger partial charge in [0, 0.05) is 30.7 Å². The van der Waals surface area contributed by atoms with Gasteiger partial charge in [-0.1, -0.05) is 36.4 Å². The number of nitrogens with one attached hydrogen (secondary N) is 1. The minimum absolute atomic E-state index is 0.0686. The monoisotopic (exact) mass is 416 g/mol. The van der Waals surface area contributed by atoms with Crippen LogP contribution in [0.25, 0.3) is 0 Å². The van der Waals surface area contributed by atoms with Crippen molar-refractivity contribution in [2.75, 3.05) is 13.1 Å². The van der Waals surface area contributed by atoms with Gasteiger partial charge in [0.05, 0.1) is 17.8 Å². The number of carbonyl (C=O) groups is 1. The normalized spacial score (nSPS) is 20.7. The highest BCUT2D eigenvalue weighted by Crippen LogP contribution is 2.18. The van der Waals surface area contributed by atoms with Crippen molar-refractivity contribution in [1.82, 2.24) is 10.2 Å². The van der Waals surface area contributed by atoms with Gasteiger partial charge in [0.15, 0.2) is 0 Å². The molecule has 0 unspecified atom stereocenters. The third kappa shape index (κ3) is 4.93. The predicted octanol–water partition coefficient (Wildman–Crippen LogP) is 3.99. The van der Waals surface area contributed by atoms with E-state index in [-0.39, 0.29) is 18.1 Å². The Kier molecular flexibility index (Phi) is 6.46. The van der Waals surface area contributed by atoms with E-state index in [9.17, 15) is 4.79 Å². The number of ether oxygens (including phenoxy) is 1. The van der Waals surface area contributed by atoms with Crippen LogP contribution < -0.4 is 5.32 Å². The van der Waals surface area contributed by atoms with Gasteiger partial charge in [-0.2, -0.15) is 0 Å². The third-order valence-corrected chi connectivity index (χ3v) is 5.26. The lowest BCUT2D eigenvalue weighted by molar-refractivity contribution is -0.0705. The largest absolute Gasteiger partial charge is 0.373 e. The van der Waals surface area contributed by atoms with Crippen LogP contribution in [0.15, 0.2) is 53.0 Å². The first-order valence-electron chi connectivity index (χ1n) is 9.00. The van der Waals surface area contributed by atoms with E-state index in [1.165, 1.54) is 5.56 Å². The fraction of sp³-hybridized carbons (Fsp3) is 0.381. The highest BCUT2D eigenvalue weighted by atomic mass is 79.9. The van der Waals surface area contributed by atoms with Crippen LogP contribution in [0.5, 0.6) is 0 Å². The molecular formula is C21H25BrN2O2. The zero-order valence-corrected chi connectivity index (χ0v) is 16.8. The maximum absolute atomic E-state index is 12.5. The van der Waals surface area contributed by atoms with Crippen molar-refractivity contribution in [2.45, 2.75) is 39.1 Å². The predicted molar refractivity (Wildman–Crippen MR) is 107 cm³/mol. The maximum Gasteiger partial charge on any atom is 0.252 e. The van der Waals surface area contributed by atoms with Crippen molar-refractivity contribution < 1.29 is 9.53 Å². The second-order valence-corrected chi connectivity index (χ2v) is 7.74. The van der Waals surface area contributed by atoms with Gasteiger partial charge in [0.1, 0.15) is 0 Å². The number of morpholine rings is 1. The number of hydrogen-bond donors (Lipinski definition) is 1. The smallest absolute Gasteiger partial charge is 0.252 e. The van der Waals surface area contributed by atoms with Crippen LogP contribution in [0.2, 0.25) is 0 Å². The quantitative estimate of drug-likeness (QED) is 0.800. The van der Waals surface area contributed by atoms with Crippen LogP contribution in [0.1, 0.15) is 35.3 Å². The van der Waals surface area contributed by atoms with Gasteiger partial charge >= 0.3 is 0 Å². The molecule has 0 radical (unpaired) electrons. The first kappa shape index (κ1) is 19.1. The van der Waals surface area contributed by atoms with Crippen LogP contribution in [-0.2, 0) is 17.8 Å². The lowest BCUT2D eigenvalue weighted by Gasteiger charge is -2.35. The Hall–Kier alpha value is -1.69. The summed E-state index contributed by atoms with van der Waals surface area (Å²) in [5, 5.41) is 3.04. The molecule has 1 saturated heterocycles. The third-order valence-electron chi connectivity index (χ3n) is 4.57. The van der Waals surface area contributed by atoms with Gasteiger partial charge in [0.25, 0.3) is 5.91 Å². The molecule has 0 spiro atoms. The average Bonchev–Trinajstić information content (AvgIpc) is 2.60. The summed E-state index contributed by atoms with van der Waals surface area (Å²) in [7, 11) is 0. The summed E-state index contributed by atoms with van der Waals surface area (Å²) in [5.74, 6) is -0.0686. The lowest BCUT2D eigenvalue weighted by atomic mass is 10.1. The fourth-order valence-electron chi connectivity index (χ4n) is 3.45. The molecule has 1 fully saturated rings. The van der Waals surface area contributed by atoms with E-state index in [1.807, 2.05) is 30.3 Å². The number of benzene rings is 2. The number of rotatable bonds is 5. The summed E-state index contributed by atoms with van der Waals surface area (Å²) in [6.07, 6.45) is 0.502. The van der Waals surface area contributed by atoms with E-state index in [4.69, 9.17) is 4.74 Å². The average molecular weight is 417 g/mol. The van der Waals surface area contributed by atoms with Crippen molar-refractivity contribution in [3.05, 3.63) is 69.7 Å². The van der Waals surface area contributed by atoms with E-state index in [2.05, 4.69) is 58.2 Å². The molecule has 3 rings (SSSR count). The Balaban J connectivity index is 1.66. The standard InChI is InChI=1S/C21H25BrN2O2/c1-15-12-24(13-16(2)26-15)14-18-8-4-3-7-17(18)11-23-21(25)19-9-5-6-10-20(19)22/h3-10,15-16H,11-14H2,1-2H3,(H,23,25)/t15-,16+. The molecule has 1 amide bonds. The highest BCUT2D eigenvalue weighted by Gasteiger charge is 2.22. The zero-order chi connectivity index (χ0) is 18.5. The molecule has 2 atom stereocenters. The Morgan fingerprint density at radius 3 is 2.38 bits per heavy atom. The van der Waals surface area contributed by atoms with Gasteiger partial charge < -0.3 is 10.1 Å². The maximum atomic E-state index is 12.5. The highest BCUT2D eigenvalue weighted by molar-refractivity contribution is 9.10. The molecule has 4 nitrogen and oxygen atoms in total. The molecule has 0 bridgehead atoms. The molecule has 2 aromatic rings. The molecule has 5 heteroatoms. The molecule has 1 aliphatic rings. The number of amides is 1. The van der Waals surface area contributed by atoms with Crippen molar-refractivity contribution >= 4 is 21.8 Å². The molecule has 1 heterocycles. The topological polar surface area (TPSA) is 41.6 Å². The molecule has 0 saturated carbocycles. The molecule has 0 aromatic heterocycles. The Morgan fingerprint density at radius 1 is 1.08 bits per heavy atom. The van der Waals surface area contributed by atoms with Crippen molar-refractivity contribution in [3.8, 4) is 0 Å². The zero-order valence-electron chi connectivity index (χ0n) is 15.2. The minimum Gasteiger partial charge on any atom is -0.373 e. The molecule has 0 aliphatic carbocycles. The summed E-state index contributed by atoms with van der Waals surface area (Å²) in [5.41, 5.74) is 3.06. The van der Waals surface area contributed by atoms with Gasteiger partial charge in [0.2, 0.25) is 0 Å². The van der Waals surface area contributed by atoms with Gasteiger partial charge in [-0.3, -0.25) is 9.69 Å². The Morgan fingerprint density at radius 2 is 1.69 bits per heavy atom. The Labute approximate surface area is 163 Å². The van der Waals surface area contributed by atoms with Gasteiger partial charge in [-0.25, -0.2) is 0 Å². The van der Waals surface area contributed by atoms with Crippen LogP contribution >= 0.6 is 15.9 Å². The van der Waals surface area contributed by atoms with Gasteiger partial charge in [-0.15, -0.1) is 0 Å². The number of hydrogen-bond acceptors (Lipinski definition) is 3. The number of halogens is 1. The van der Waals surface area contributed by atoms with Crippen molar-refractivity contribution in [1.29, 1.82) is 0 Å². The summed E-state index contributed by atoms with van der Waals surface area (Å²) < 4.78 is 6.63. The SMILES string of the molecule is C[C@@H]1CN(Cc2ccccc2CNC(=O)c2ccccc2Br)C[C@H](C)O1. The minimum atomic E-state index is -0.0686. The van der Waals surface area contributed by atoms with Crippen molar-refractivity contribution in [3.63, 3.8) is 0 Å². The second-order valence-electron chi connectivity index (χ2n) is 6.88. The van der Waals surface area contributed by atoms with Crippen LogP contribution in [0.3, 0.4) is 0 Å². The summed E-state index contributed by atoms with van der Waals surface area (Å²) in [6, 6.07) is 15.8. The molecule has 138 valence electrons. The summed E-state index contributed by atoms with van der Waals surface area (Å²) in [6.45, 7) is 7.49.